The minimum absolute atomic E-state index is 0.106. The molecule has 11 nitrogen and oxygen atoms in total. The van der Waals surface area contributed by atoms with Crippen LogP contribution in [-0.4, -0.2) is 40.1 Å². The van der Waals surface area contributed by atoms with Crippen LogP contribution in [0.3, 0.4) is 0 Å². The van der Waals surface area contributed by atoms with Gasteiger partial charge in [-0.15, -0.1) is 0 Å². The van der Waals surface area contributed by atoms with Crippen molar-refractivity contribution < 1.29 is 23.1 Å². The number of ether oxygens (including phenoxy) is 1. The predicted octanol–water partition coefficient (Wildman–Crippen LogP) is 3.49. The van der Waals surface area contributed by atoms with Crippen LogP contribution in [0.4, 0.5) is 26.4 Å². The van der Waals surface area contributed by atoms with Crippen molar-refractivity contribution in [1.29, 1.82) is 0 Å². The zero-order valence-electron chi connectivity index (χ0n) is 20.0. The Hall–Kier alpha value is -4.74. The van der Waals surface area contributed by atoms with Crippen LogP contribution in [0.25, 0.3) is 11.1 Å². The number of nitrogens with zero attached hydrogens (tertiary/aromatic N) is 3. The van der Waals surface area contributed by atoms with Crippen molar-refractivity contribution in [2.45, 2.75) is 19.9 Å². The summed E-state index contributed by atoms with van der Waals surface area (Å²) in [6, 6.07) is 11.4. The van der Waals surface area contributed by atoms with E-state index in [-0.39, 0.29) is 31.3 Å². The molecule has 12 heteroatoms. The van der Waals surface area contributed by atoms with Gasteiger partial charge in [-0.05, 0) is 24.3 Å². The van der Waals surface area contributed by atoms with E-state index in [4.69, 9.17) is 14.9 Å². The number of alkyl carbamates (subject to hydrolysis) is 1. The highest BCUT2D eigenvalue weighted by atomic mass is 19.1. The van der Waals surface area contributed by atoms with Gasteiger partial charge in [-0.1, -0.05) is 19.1 Å². The number of aromatic nitrogens is 3. The van der Waals surface area contributed by atoms with Crippen molar-refractivity contribution in [2.75, 3.05) is 29.5 Å². The molecule has 3 aromatic heterocycles. The molecule has 0 aliphatic heterocycles. The molecule has 3 heterocycles. The molecule has 1 atom stereocenters. The minimum Gasteiger partial charge on any atom is -0.449 e. The van der Waals surface area contributed by atoms with E-state index in [9.17, 15) is 14.0 Å². The summed E-state index contributed by atoms with van der Waals surface area (Å²) in [5, 5.41) is 8.33. The lowest BCUT2D eigenvalue weighted by Crippen LogP contribution is -2.31. The van der Waals surface area contributed by atoms with Crippen LogP contribution in [-0.2, 0) is 22.5 Å². The summed E-state index contributed by atoms with van der Waals surface area (Å²) in [6.45, 7) is 1.86. The fraction of sp³-hybridized carbons (Fsp3) is 0.240. The molecule has 0 aliphatic carbocycles. The normalized spacial score (nSPS) is 11.6. The molecular weight excluding hydrogens is 481 g/mol. The Morgan fingerprint density at radius 1 is 1.14 bits per heavy atom. The molecule has 2 amide bonds. The lowest BCUT2D eigenvalue weighted by Gasteiger charge is -2.14. The Bertz CT molecular complexity index is 1390. The standard InChI is InChI=1S/C25H26FN7O4/c1-15(24(34)32-18-7-3-2-6-17(18)27)14-36-25(35)30-12-9-21-33-22-20(37-21)8-11-29-23(22)31-13-19-16(26)5-4-10-28-19/h2-8,10-11,15H,9,12-14,27H2,1H3,(H,29,31)(H,30,35)(H,32,34). The SMILES string of the molecule is CC(COC(=O)NCCc1nc2c(NCc3ncccc3F)nccc2o1)C(=O)Nc1ccccc1N. The Labute approximate surface area is 211 Å². The fourth-order valence-electron chi connectivity index (χ4n) is 3.32. The molecule has 0 radical (unpaired) electrons. The number of para-hydroxylation sites is 2. The summed E-state index contributed by atoms with van der Waals surface area (Å²) >= 11 is 0. The van der Waals surface area contributed by atoms with Gasteiger partial charge in [0.05, 0.1) is 29.5 Å². The van der Waals surface area contributed by atoms with Crippen LogP contribution in [0.5, 0.6) is 0 Å². The van der Waals surface area contributed by atoms with Crippen LogP contribution >= 0.6 is 0 Å². The predicted molar refractivity (Wildman–Crippen MR) is 135 cm³/mol. The number of hydrogen-bond acceptors (Lipinski definition) is 9. The van der Waals surface area contributed by atoms with Gasteiger partial charge < -0.3 is 30.8 Å². The molecule has 0 saturated carbocycles. The first-order chi connectivity index (χ1) is 17.9. The third-order valence-corrected chi connectivity index (χ3v) is 5.35. The Balaban J connectivity index is 1.23. The van der Waals surface area contributed by atoms with Gasteiger partial charge in [-0.3, -0.25) is 9.78 Å². The first kappa shape index (κ1) is 25.4. The highest BCUT2D eigenvalue weighted by Gasteiger charge is 2.17. The van der Waals surface area contributed by atoms with Crippen molar-refractivity contribution in [3.05, 3.63) is 72.3 Å². The van der Waals surface area contributed by atoms with Crippen molar-refractivity contribution in [1.82, 2.24) is 20.3 Å². The number of carbonyl (C=O) groups excluding carboxylic acids is 2. The molecule has 0 spiro atoms. The Kier molecular flexibility index (Phi) is 8.08. The van der Waals surface area contributed by atoms with Gasteiger partial charge in [0.2, 0.25) is 5.91 Å². The molecule has 1 unspecified atom stereocenters. The Morgan fingerprint density at radius 3 is 2.78 bits per heavy atom. The molecule has 0 fully saturated rings. The average Bonchev–Trinajstić information content (AvgIpc) is 3.31. The number of rotatable bonds is 10. The summed E-state index contributed by atoms with van der Waals surface area (Å²) in [6.07, 6.45) is 2.68. The molecular formula is C25H26FN7O4. The van der Waals surface area contributed by atoms with Crippen molar-refractivity contribution >= 4 is 40.3 Å². The number of nitrogens with two attached hydrogens (primary N) is 1. The van der Waals surface area contributed by atoms with E-state index >= 15 is 0 Å². The first-order valence-electron chi connectivity index (χ1n) is 11.5. The number of hydrogen-bond donors (Lipinski definition) is 4. The summed E-state index contributed by atoms with van der Waals surface area (Å²) in [7, 11) is 0. The number of fused-ring (bicyclic) bond motifs is 1. The number of nitrogen functional groups attached to an aromatic ring is 1. The van der Waals surface area contributed by atoms with Gasteiger partial charge in [0.25, 0.3) is 0 Å². The van der Waals surface area contributed by atoms with Crippen molar-refractivity contribution in [2.24, 2.45) is 5.92 Å². The molecule has 4 aromatic rings. The van der Waals surface area contributed by atoms with Crippen molar-refractivity contribution in [3.63, 3.8) is 0 Å². The number of oxazole rings is 1. The highest BCUT2D eigenvalue weighted by molar-refractivity contribution is 5.95. The van der Waals surface area contributed by atoms with E-state index in [2.05, 4.69) is 30.9 Å². The van der Waals surface area contributed by atoms with Crippen LogP contribution in [0, 0.1) is 11.7 Å². The van der Waals surface area contributed by atoms with Crippen LogP contribution < -0.4 is 21.7 Å². The number of pyridine rings is 2. The topological polar surface area (TPSA) is 157 Å². The molecule has 0 bridgehead atoms. The molecule has 0 aliphatic rings. The molecule has 0 saturated heterocycles. The molecule has 5 N–H and O–H groups in total. The number of halogens is 1. The third kappa shape index (κ3) is 6.69. The lowest BCUT2D eigenvalue weighted by molar-refractivity contribution is -0.120. The second-order valence-electron chi connectivity index (χ2n) is 8.15. The maximum Gasteiger partial charge on any atom is 0.407 e. The van der Waals surface area contributed by atoms with E-state index in [0.29, 0.717) is 40.6 Å². The second-order valence-corrected chi connectivity index (χ2v) is 8.15. The van der Waals surface area contributed by atoms with E-state index in [0.717, 1.165) is 0 Å². The largest absolute Gasteiger partial charge is 0.449 e. The van der Waals surface area contributed by atoms with Crippen LogP contribution in [0.1, 0.15) is 18.5 Å². The first-order valence-corrected chi connectivity index (χ1v) is 11.5. The van der Waals surface area contributed by atoms with Crippen LogP contribution in [0.2, 0.25) is 0 Å². The van der Waals surface area contributed by atoms with Crippen molar-refractivity contribution in [3.8, 4) is 0 Å². The van der Waals surface area contributed by atoms with Gasteiger partial charge in [-0.2, -0.15) is 0 Å². The summed E-state index contributed by atoms with van der Waals surface area (Å²) in [5.74, 6) is -0.517. The van der Waals surface area contributed by atoms with Gasteiger partial charge in [0.1, 0.15) is 12.4 Å². The summed E-state index contributed by atoms with van der Waals surface area (Å²) in [4.78, 5) is 37.0. The van der Waals surface area contributed by atoms with Gasteiger partial charge in [0, 0.05) is 31.4 Å². The number of benzene rings is 1. The number of nitrogens with one attached hydrogen (secondary N) is 3. The minimum atomic E-state index is -0.670. The van der Waals surface area contributed by atoms with E-state index in [1.165, 1.54) is 18.3 Å². The molecule has 192 valence electrons. The van der Waals surface area contributed by atoms with Gasteiger partial charge >= 0.3 is 6.09 Å². The van der Waals surface area contributed by atoms with Gasteiger partial charge in [0.15, 0.2) is 22.8 Å². The zero-order valence-corrected chi connectivity index (χ0v) is 20.0. The number of anilines is 3. The number of amides is 2. The summed E-state index contributed by atoms with van der Waals surface area (Å²) in [5.41, 5.74) is 8.00. The summed E-state index contributed by atoms with van der Waals surface area (Å²) < 4.78 is 24.7. The molecule has 37 heavy (non-hydrogen) atoms. The zero-order chi connectivity index (χ0) is 26.2. The quantitative estimate of drug-likeness (QED) is 0.236. The van der Waals surface area contributed by atoms with E-state index < -0.39 is 17.8 Å². The lowest BCUT2D eigenvalue weighted by atomic mass is 10.1. The second kappa shape index (κ2) is 11.8. The number of carbonyl (C=O) groups is 2. The van der Waals surface area contributed by atoms with Gasteiger partial charge in [-0.25, -0.2) is 19.2 Å². The average molecular weight is 508 g/mol. The third-order valence-electron chi connectivity index (χ3n) is 5.35. The smallest absolute Gasteiger partial charge is 0.407 e. The Morgan fingerprint density at radius 2 is 1.97 bits per heavy atom. The fourth-order valence-corrected chi connectivity index (χ4v) is 3.32. The van der Waals surface area contributed by atoms with E-state index in [1.807, 2.05) is 0 Å². The molecule has 1 aromatic carbocycles. The van der Waals surface area contributed by atoms with Crippen LogP contribution in [0.15, 0.2) is 59.3 Å². The maximum atomic E-state index is 13.8. The van der Waals surface area contributed by atoms with E-state index in [1.54, 1.807) is 43.5 Å². The molecule has 4 rings (SSSR count). The monoisotopic (exact) mass is 507 g/mol. The highest BCUT2D eigenvalue weighted by Crippen LogP contribution is 2.22. The maximum absolute atomic E-state index is 13.8.